The van der Waals surface area contributed by atoms with Gasteiger partial charge in [-0.25, -0.2) is 0 Å². The predicted molar refractivity (Wildman–Crippen MR) is 80.5 cm³/mol. The van der Waals surface area contributed by atoms with Crippen molar-refractivity contribution in [1.82, 2.24) is 10.6 Å². The number of carbonyl (C=O) groups is 2. The van der Waals surface area contributed by atoms with Gasteiger partial charge in [-0.05, 0) is 27.7 Å². The molecular formula is C12H22Cl2N4O2. The zero-order valence-electron chi connectivity index (χ0n) is 12.3. The molecule has 0 fully saturated rings. The third-order valence-corrected chi connectivity index (χ3v) is 2.80. The van der Waals surface area contributed by atoms with Crippen LogP contribution in [0.25, 0.3) is 0 Å². The lowest BCUT2D eigenvalue weighted by Crippen LogP contribution is -2.44. The number of rotatable bonds is 8. The molecule has 0 aliphatic heterocycles. The summed E-state index contributed by atoms with van der Waals surface area (Å²) in [6.45, 7) is 7.19. The molecule has 116 valence electrons. The highest BCUT2D eigenvalue weighted by Crippen LogP contribution is 2.16. The second-order valence-electron chi connectivity index (χ2n) is 5.21. The number of halogens is 2. The van der Waals surface area contributed by atoms with Crippen LogP contribution in [0.4, 0.5) is 0 Å². The molecule has 8 heteroatoms. The molecule has 0 bridgehead atoms. The van der Waals surface area contributed by atoms with Gasteiger partial charge in [-0.3, -0.25) is 9.59 Å². The van der Waals surface area contributed by atoms with Crippen LogP contribution in [0.2, 0.25) is 0 Å². The van der Waals surface area contributed by atoms with E-state index in [0.29, 0.717) is 24.8 Å². The lowest BCUT2D eigenvalue weighted by Gasteiger charge is -2.21. The van der Waals surface area contributed by atoms with Gasteiger partial charge in [0.15, 0.2) is 11.1 Å². The minimum atomic E-state index is -1.06. The molecule has 0 heterocycles. The largest absolute Gasteiger partial charge is 0.353 e. The Morgan fingerprint density at radius 2 is 1.15 bits per heavy atom. The molecule has 6 nitrogen and oxygen atoms in total. The predicted octanol–water partition coefficient (Wildman–Crippen LogP) is 1.71. The maximum atomic E-state index is 11.8. The summed E-state index contributed by atoms with van der Waals surface area (Å²) in [7, 11) is 0. The van der Waals surface area contributed by atoms with Gasteiger partial charge in [0, 0.05) is 24.8 Å². The second kappa shape index (κ2) is 8.42. The third-order valence-electron chi connectivity index (χ3n) is 2.42. The number of hydrogen-bond acceptors (Lipinski definition) is 4. The van der Waals surface area contributed by atoms with Crippen LogP contribution in [-0.4, -0.2) is 47.7 Å². The second-order valence-corrected chi connectivity index (χ2v) is 5.96. The van der Waals surface area contributed by atoms with Crippen molar-refractivity contribution in [3.05, 3.63) is 0 Å². The van der Waals surface area contributed by atoms with Gasteiger partial charge in [-0.15, -0.1) is 23.2 Å². The van der Waals surface area contributed by atoms with Crippen molar-refractivity contribution in [2.24, 2.45) is 10.2 Å². The van der Waals surface area contributed by atoms with Crippen molar-refractivity contribution in [3.63, 3.8) is 0 Å². The van der Waals surface area contributed by atoms with Gasteiger partial charge in [0.25, 0.3) is 0 Å². The summed E-state index contributed by atoms with van der Waals surface area (Å²) in [4.78, 5) is 23.7. The number of azo groups is 1. The van der Waals surface area contributed by atoms with E-state index >= 15 is 0 Å². The molecule has 20 heavy (non-hydrogen) atoms. The van der Waals surface area contributed by atoms with Gasteiger partial charge < -0.3 is 10.6 Å². The van der Waals surface area contributed by atoms with Crippen molar-refractivity contribution in [1.29, 1.82) is 0 Å². The van der Waals surface area contributed by atoms with E-state index in [0.717, 1.165) is 0 Å². The van der Waals surface area contributed by atoms with Gasteiger partial charge >= 0.3 is 0 Å². The summed E-state index contributed by atoms with van der Waals surface area (Å²) in [6, 6.07) is 0. The van der Waals surface area contributed by atoms with Crippen molar-refractivity contribution >= 4 is 35.0 Å². The van der Waals surface area contributed by atoms with E-state index in [-0.39, 0.29) is 11.8 Å². The number of nitrogens with zero attached hydrogens (tertiary/aromatic N) is 2. The molecule has 0 saturated carbocycles. The molecule has 0 radical (unpaired) electrons. The van der Waals surface area contributed by atoms with E-state index < -0.39 is 11.1 Å². The Morgan fingerprint density at radius 1 is 0.850 bits per heavy atom. The first-order chi connectivity index (χ1) is 9.17. The van der Waals surface area contributed by atoms with Gasteiger partial charge in [0.2, 0.25) is 11.8 Å². The highest BCUT2D eigenvalue weighted by molar-refractivity contribution is 6.18. The molecule has 2 amide bonds. The summed E-state index contributed by atoms with van der Waals surface area (Å²) >= 11 is 11.0. The first kappa shape index (κ1) is 19.1. The Kier molecular flexibility index (Phi) is 8.05. The molecule has 0 aromatic rings. The topological polar surface area (TPSA) is 82.9 Å². The first-order valence-corrected chi connectivity index (χ1v) is 7.37. The van der Waals surface area contributed by atoms with Crippen molar-refractivity contribution in [2.45, 2.75) is 38.8 Å². The molecule has 0 aromatic carbocycles. The fourth-order valence-corrected chi connectivity index (χ4v) is 1.28. The van der Waals surface area contributed by atoms with Crippen LogP contribution in [0.5, 0.6) is 0 Å². The molecule has 2 N–H and O–H groups in total. The fourth-order valence-electron chi connectivity index (χ4n) is 1.09. The minimum absolute atomic E-state index is 0.293. The molecule has 0 aromatic heterocycles. The van der Waals surface area contributed by atoms with E-state index in [1.54, 1.807) is 27.7 Å². The van der Waals surface area contributed by atoms with E-state index in [4.69, 9.17) is 23.2 Å². The lowest BCUT2D eigenvalue weighted by molar-refractivity contribution is -0.127. The zero-order chi connectivity index (χ0) is 15.8. The number of alkyl halides is 2. The monoisotopic (exact) mass is 324 g/mol. The Hall–Kier alpha value is -0.880. The molecule has 0 rings (SSSR count). The van der Waals surface area contributed by atoms with Crippen molar-refractivity contribution in [3.8, 4) is 0 Å². The fraction of sp³-hybridized carbons (Fsp3) is 0.833. The number of amides is 2. The van der Waals surface area contributed by atoms with Crippen molar-refractivity contribution < 1.29 is 9.59 Å². The molecule has 0 atom stereocenters. The van der Waals surface area contributed by atoms with Crippen LogP contribution in [0, 0.1) is 0 Å². The average Bonchev–Trinajstić information content (AvgIpc) is 2.39. The highest BCUT2D eigenvalue weighted by atomic mass is 35.5. The van der Waals surface area contributed by atoms with Crippen LogP contribution < -0.4 is 10.6 Å². The van der Waals surface area contributed by atoms with Gasteiger partial charge in [0.05, 0.1) is 0 Å². The van der Waals surface area contributed by atoms with Crippen molar-refractivity contribution in [2.75, 3.05) is 24.8 Å². The number of hydrogen-bond donors (Lipinski definition) is 2. The normalized spacial score (nSPS) is 12.5. The first-order valence-electron chi connectivity index (χ1n) is 6.30. The summed E-state index contributed by atoms with van der Waals surface area (Å²) in [5.41, 5.74) is -2.12. The molecule has 0 unspecified atom stereocenters. The highest BCUT2D eigenvalue weighted by Gasteiger charge is 2.31. The van der Waals surface area contributed by atoms with Gasteiger partial charge in [-0.1, -0.05) is 0 Å². The van der Waals surface area contributed by atoms with Gasteiger partial charge in [-0.2, -0.15) is 10.2 Å². The van der Waals surface area contributed by atoms with E-state index in [1.165, 1.54) is 0 Å². The Bertz CT molecular complexity index is 336. The SMILES string of the molecule is CC(C)(N=NC(C)(C)C(=O)NCCCl)C(=O)NCCCl. The van der Waals surface area contributed by atoms with Crippen LogP contribution in [0.15, 0.2) is 10.2 Å². The van der Waals surface area contributed by atoms with E-state index in [9.17, 15) is 9.59 Å². The maximum Gasteiger partial charge on any atom is 0.249 e. The smallest absolute Gasteiger partial charge is 0.249 e. The number of carbonyl (C=O) groups excluding carboxylic acids is 2. The Balaban J connectivity index is 4.72. The molecule has 0 aliphatic carbocycles. The molecule has 0 saturated heterocycles. The third kappa shape index (κ3) is 6.52. The lowest BCUT2D eigenvalue weighted by atomic mass is 10.0. The van der Waals surface area contributed by atoms with Crippen LogP contribution in [0.1, 0.15) is 27.7 Å². The Labute approximate surface area is 129 Å². The van der Waals surface area contributed by atoms with Gasteiger partial charge in [0.1, 0.15) is 0 Å². The number of nitrogens with one attached hydrogen (secondary N) is 2. The average molecular weight is 325 g/mol. The quantitative estimate of drug-likeness (QED) is 0.526. The molecule has 0 spiro atoms. The van der Waals surface area contributed by atoms with E-state index in [1.807, 2.05) is 0 Å². The van der Waals surface area contributed by atoms with Crippen LogP contribution in [-0.2, 0) is 9.59 Å². The summed E-state index contributed by atoms with van der Waals surface area (Å²) in [6.07, 6.45) is 0. The van der Waals surface area contributed by atoms with Crippen LogP contribution >= 0.6 is 23.2 Å². The van der Waals surface area contributed by atoms with E-state index in [2.05, 4.69) is 20.9 Å². The molecule has 0 aliphatic rings. The molecular weight excluding hydrogens is 303 g/mol. The summed E-state index contributed by atoms with van der Waals surface area (Å²) in [5, 5.41) is 13.2. The maximum absolute atomic E-state index is 11.8. The minimum Gasteiger partial charge on any atom is -0.353 e. The summed E-state index contributed by atoms with van der Waals surface area (Å²) in [5.74, 6) is 0.0639. The Morgan fingerprint density at radius 3 is 1.40 bits per heavy atom. The standard InChI is InChI=1S/C12H22Cl2N4O2/c1-11(2,9(19)15-7-5-13)17-18-12(3,4)10(20)16-8-6-14/h5-8H2,1-4H3,(H,15,19)(H,16,20). The van der Waals surface area contributed by atoms with Crippen LogP contribution in [0.3, 0.4) is 0 Å². The summed E-state index contributed by atoms with van der Waals surface area (Å²) < 4.78 is 0. The zero-order valence-corrected chi connectivity index (χ0v) is 13.8.